The van der Waals surface area contributed by atoms with Gasteiger partial charge in [0.1, 0.15) is 5.75 Å². The first kappa shape index (κ1) is 20.8. The number of amides is 2. The van der Waals surface area contributed by atoms with Gasteiger partial charge in [-0.15, -0.1) is 22.7 Å². The summed E-state index contributed by atoms with van der Waals surface area (Å²) in [6, 6.07) is 8.35. The summed E-state index contributed by atoms with van der Waals surface area (Å²) in [5.41, 5.74) is 1.64. The Balaban J connectivity index is 1.57. The third-order valence-corrected chi connectivity index (χ3v) is 6.87. The van der Waals surface area contributed by atoms with Crippen molar-refractivity contribution >= 4 is 56.8 Å². The van der Waals surface area contributed by atoms with Crippen molar-refractivity contribution < 1.29 is 14.3 Å². The molecule has 0 spiro atoms. The van der Waals surface area contributed by atoms with E-state index in [1.807, 2.05) is 7.05 Å². The van der Waals surface area contributed by atoms with E-state index in [-0.39, 0.29) is 17.4 Å². The number of carbonyl (C=O) groups is 2. The zero-order chi connectivity index (χ0) is 21.3. The number of fused-ring (bicyclic) bond motifs is 1. The van der Waals surface area contributed by atoms with Crippen molar-refractivity contribution in [1.82, 2.24) is 9.88 Å². The fourth-order valence-corrected chi connectivity index (χ4v) is 5.13. The maximum atomic E-state index is 12.9. The summed E-state index contributed by atoms with van der Waals surface area (Å²) in [6.45, 7) is 1.72. The van der Waals surface area contributed by atoms with E-state index >= 15 is 0 Å². The lowest BCUT2D eigenvalue weighted by Gasteiger charge is -2.20. The van der Waals surface area contributed by atoms with Gasteiger partial charge in [0.25, 0.3) is 11.8 Å². The third-order valence-electron chi connectivity index (χ3n) is 4.65. The maximum absolute atomic E-state index is 12.9. The number of hydrogen-bond acceptors (Lipinski definition) is 7. The largest absolute Gasteiger partial charge is 0.497 e. The summed E-state index contributed by atoms with van der Waals surface area (Å²) in [4.78, 5) is 33.5. The van der Waals surface area contributed by atoms with Crippen LogP contribution < -0.4 is 15.4 Å². The van der Waals surface area contributed by atoms with Crippen molar-refractivity contribution in [3.63, 3.8) is 0 Å². The third kappa shape index (κ3) is 4.49. The van der Waals surface area contributed by atoms with E-state index in [0.29, 0.717) is 25.8 Å². The van der Waals surface area contributed by atoms with E-state index in [1.54, 1.807) is 30.3 Å². The van der Waals surface area contributed by atoms with Crippen molar-refractivity contribution in [3.05, 3.63) is 55.8 Å². The molecule has 4 rings (SSSR count). The highest BCUT2D eigenvalue weighted by molar-refractivity contribution is 7.20. The fourth-order valence-electron chi connectivity index (χ4n) is 3.10. The highest BCUT2D eigenvalue weighted by Crippen LogP contribution is 2.29. The zero-order valence-corrected chi connectivity index (χ0v) is 18.7. The first-order valence-corrected chi connectivity index (χ1v) is 11.2. The molecule has 0 saturated heterocycles. The zero-order valence-electron chi connectivity index (χ0n) is 16.3. The summed E-state index contributed by atoms with van der Waals surface area (Å²) >= 11 is 8.58. The molecule has 1 aliphatic rings. The van der Waals surface area contributed by atoms with Crippen LogP contribution in [0.1, 0.15) is 30.7 Å². The van der Waals surface area contributed by atoms with E-state index in [0.717, 1.165) is 30.1 Å². The number of hydrogen-bond donors (Lipinski definition) is 2. The lowest BCUT2D eigenvalue weighted by molar-refractivity contribution is 0.102. The van der Waals surface area contributed by atoms with Gasteiger partial charge in [0, 0.05) is 24.4 Å². The summed E-state index contributed by atoms with van der Waals surface area (Å²) < 4.78 is 5.82. The summed E-state index contributed by atoms with van der Waals surface area (Å²) in [6.07, 6.45) is 0.829. The molecule has 7 nitrogen and oxygen atoms in total. The van der Waals surface area contributed by atoms with Crippen molar-refractivity contribution in [2.45, 2.75) is 13.0 Å². The Morgan fingerprint density at radius 2 is 2.00 bits per heavy atom. The van der Waals surface area contributed by atoms with Crippen LogP contribution in [0.15, 0.2) is 30.3 Å². The Bertz CT molecular complexity index is 1110. The van der Waals surface area contributed by atoms with Crippen molar-refractivity contribution in [2.75, 3.05) is 31.3 Å². The Morgan fingerprint density at radius 3 is 2.73 bits per heavy atom. The molecule has 0 radical (unpaired) electrons. The van der Waals surface area contributed by atoms with Gasteiger partial charge < -0.3 is 20.3 Å². The number of carbonyl (C=O) groups excluding carboxylic acids is 2. The molecule has 2 N–H and O–H groups in total. The van der Waals surface area contributed by atoms with Gasteiger partial charge in [-0.3, -0.25) is 9.59 Å². The number of methoxy groups -OCH3 is 1. The van der Waals surface area contributed by atoms with Crippen LogP contribution in [-0.2, 0) is 13.0 Å². The van der Waals surface area contributed by atoms with Gasteiger partial charge in [0.2, 0.25) is 0 Å². The Kier molecular flexibility index (Phi) is 6.05. The van der Waals surface area contributed by atoms with Gasteiger partial charge in [0.05, 0.1) is 33.4 Å². The van der Waals surface area contributed by atoms with Gasteiger partial charge >= 0.3 is 0 Å². The second-order valence-corrected chi connectivity index (χ2v) is 9.60. The van der Waals surface area contributed by atoms with Crippen LogP contribution in [0, 0.1) is 0 Å². The van der Waals surface area contributed by atoms with Gasteiger partial charge in [-0.25, -0.2) is 4.98 Å². The number of anilines is 2. The molecule has 0 aliphatic carbocycles. The molecule has 2 aromatic heterocycles. The SMILES string of the molecule is COc1ccc(NC(=O)c2nc3c(s2)CN(C)CC3)c(C(=O)Nc2ccc(Cl)s2)c1. The van der Waals surface area contributed by atoms with E-state index < -0.39 is 0 Å². The number of halogens is 1. The summed E-state index contributed by atoms with van der Waals surface area (Å²) in [5, 5.41) is 6.63. The molecule has 3 aromatic rings. The molecule has 10 heteroatoms. The molecular weight excluding hydrogens is 444 g/mol. The van der Waals surface area contributed by atoms with E-state index in [1.165, 1.54) is 29.8 Å². The van der Waals surface area contributed by atoms with E-state index in [2.05, 4.69) is 20.5 Å². The minimum Gasteiger partial charge on any atom is -0.497 e. The standard InChI is InChI=1S/C20H19ClN4O3S2/c1-25-8-7-14-15(10-25)29-20(23-14)19(27)22-13-4-3-11(28-2)9-12(13)18(26)24-17-6-5-16(21)30-17/h3-6,9H,7-8,10H2,1-2H3,(H,22,27)(H,24,26). The van der Waals surface area contributed by atoms with Crippen LogP contribution in [0.3, 0.4) is 0 Å². The number of nitrogens with one attached hydrogen (secondary N) is 2. The van der Waals surface area contributed by atoms with Crippen LogP contribution >= 0.6 is 34.3 Å². The predicted molar refractivity (Wildman–Crippen MR) is 120 cm³/mol. The molecule has 2 amide bonds. The highest BCUT2D eigenvalue weighted by Gasteiger charge is 2.23. The quantitative estimate of drug-likeness (QED) is 0.588. The van der Waals surface area contributed by atoms with E-state index in [4.69, 9.17) is 16.3 Å². The Labute approximate surface area is 186 Å². The number of benzene rings is 1. The normalized spacial score (nSPS) is 13.6. The smallest absolute Gasteiger partial charge is 0.284 e. The molecular formula is C20H19ClN4O3S2. The fraction of sp³-hybridized carbons (Fsp3) is 0.250. The Hall–Kier alpha value is -2.46. The number of likely N-dealkylation sites (N-methyl/N-ethyl adjacent to an activating group) is 1. The first-order chi connectivity index (χ1) is 14.4. The average molecular weight is 463 g/mol. The van der Waals surface area contributed by atoms with Gasteiger partial charge in [-0.1, -0.05) is 11.6 Å². The van der Waals surface area contributed by atoms with Gasteiger partial charge in [-0.05, 0) is 37.4 Å². The number of aromatic nitrogens is 1. The molecule has 0 saturated carbocycles. The number of thiazole rings is 1. The second kappa shape index (κ2) is 8.73. The lowest BCUT2D eigenvalue weighted by Crippen LogP contribution is -2.25. The molecule has 0 unspecified atom stereocenters. The minimum atomic E-state index is -0.372. The van der Waals surface area contributed by atoms with Crippen LogP contribution in [0.2, 0.25) is 4.34 Å². The second-order valence-electron chi connectivity index (χ2n) is 6.80. The molecule has 0 atom stereocenters. The van der Waals surface area contributed by atoms with Gasteiger partial charge in [0.15, 0.2) is 5.01 Å². The van der Waals surface area contributed by atoms with Crippen molar-refractivity contribution in [2.24, 2.45) is 0 Å². The number of nitrogens with zero attached hydrogens (tertiary/aromatic N) is 2. The van der Waals surface area contributed by atoms with Crippen LogP contribution in [0.5, 0.6) is 5.75 Å². The lowest BCUT2D eigenvalue weighted by atomic mass is 10.1. The first-order valence-electron chi connectivity index (χ1n) is 9.16. The molecule has 3 heterocycles. The number of ether oxygens (including phenoxy) is 1. The molecule has 30 heavy (non-hydrogen) atoms. The maximum Gasteiger partial charge on any atom is 0.284 e. The highest BCUT2D eigenvalue weighted by atomic mass is 35.5. The number of rotatable bonds is 5. The monoisotopic (exact) mass is 462 g/mol. The predicted octanol–water partition coefficient (Wildman–Crippen LogP) is 4.36. The molecule has 156 valence electrons. The van der Waals surface area contributed by atoms with Gasteiger partial charge in [-0.2, -0.15) is 0 Å². The van der Waals surface area contributed by atoms with Crippen molar-refractivity contribution in [3.8, 4) is 5.75 Å². The van der Waals surface area contributed by atoms with Crippen molar-refractivity contribution in [1.29, 1.82) is 0 Å². The molecule has 1 aliphatic heterocycles. The Morgan fingerprint density at radius 1 is 1.17 bits per heavy atom. The topological polar surface area (TPSA) is 83.6 Å². The van der Waals surface area contributed by atoms with Crippen LogP contribution in [0.25, 0.3) is 0 Å². The molecule has 0 fully saturated rings. The molecule has 1 aromatic carbocycles. The summed E-state index contributed by atoms with van der Waals surface area (Å²) in [5.74, 6) is -0.201. The van der Waals surface area contributed by atoms with Crippen LogP contribution in [-0.4, -0.2) is 42.4 Å². The number of thiophene rings is 1. The molecule has 0 bridgehead atoms. The average Bonchev–Trinajstić information content (AvgIpc) is 3.33. The minimum absolute atomic E-state index is 0.285. The summed E-state index contributed by atoms with van der Waals surface area (Å²) in [7, 11) is 3.57. The van der Waals surface area contributed by atoms with Crippen LogP contribution in [0.4, 0.5) is 10.7 Å². The van der Waals surface area contributed by atoms with E-state index in [9.17, 15) is 9.59 Å².